The number of carbonyl (C=O) groups is 1. The van der Waals surface area contributed by atoms with Crippen LogP contribution in [0.15, 0.2) is 24.3 Å². The summed E-state index contributed by atoms with van der Waals surface area (Å²) in [5.74, 6) is -0.0899. The molecule has 0 aliphatic carbocycles. The first-order chi connectivity index (χ1) is 11.3. The molecule has 1 aromatic carbocycles. The quantitative estimate of drug-likeness (QED) is 0.863. The van der Waals surface area contributed by atoms with Crippen molar-refractivity contribution in [3.8, 4) is 0 Å². The van der Waals surface area contributed by atoms with Crippen molar-refractivity contribution in [3.05, 3.63) is 35.4 Å². The number of nitrogens with zero attached hydrogens (tertiary/aromatic N) is 1. The average Bonchev–Trinajstić information content (AvgIpc) is 2.56. The minimum atomic E-state index is -0.513. The summed E-state index contributed by atoms with van der Waals surface area (Å²) in [6.07, 6.45) is 0. The smallest absolute Gasteiger partial charge is 0.237 e. The van der Waals surface area contributed by atoms with Crippen molar-refractivity contribution in [2.45, 2.75) is 39.8 Å². The molecule has 0 bridgehead atoms. The van der Waals surface area contributed by atoms with Crippen molar-refractivity contribution in [2.24, 2.45) is 11.1 Å². The number of carbonyl (C=O) groups excluding carboxylic acids is 1. The summed E-state index contributed by atoms with van der Waals surface area (Å²) < 4.78 is 5.46. The highest BCUT2D eigenvalue weighted by Gasteiger charge is 2.29. The molecular weight excluding hydrogens is 302 g/mol. The summed E-state index contributed by atoms with van der Waals surface area (Å²) >= 11 is 0. The van der Waals surface area contributed by atoms with Gasteiger partial charge in [0, 0.05) is 19.6 Å². The predicted octanol–water partition coefficient (Wildman–Crippen LogP) is 1.86. The van der Waals surface area contributed by atoms with Crippen molar-refractivity contribution < 1.29 is 9.53 Å². The van der Waals surface area contributed by atoms with Crippen LogP contribution in [0.2, 0.25) is 0 Å². The summed E-state index contributed by atoms with van der Waals surface area (Å²) in [6.45, 7) is 11.8. The van der Waals surface area contributed by atoms with Crippen molar-refractivity contribution in [2.75, 3.05) is 32.8 Å². The lowest BCUT2D eigenvalue weighted by Gasteiger charge is -2.35. The maximum absolute atomic E-state index is 12.4. The van der Waals surface area contributed by atoms with Gasteiger partial charge in [-0.2, -0.15) is 0 Å². The third kappa shape index (κ3) is 5.03. The Balaban J connectivity index is 2.08. The molecule has 5 heteroatoms. The van der Waals surface area contributed by atoms with Gasteiger partial charge in [0.05, 0.1) is 25.3 Å². The minimum Gasteiger partial charge on any atom is -0.379 e. The van der Waals surface area contributed by atoms with E-state index in [9.17, 15) is 4.79 Å². The van der Waals surface area contributed by atoms with Gasteiger partial charge >= 0.3 is 0 Å². The van der Waals surface area contributed by atoms with E-state index in [1.54, 1.807) is 0 Å². The number of benzene rings is 1. The van der Waals surface area contributed by atoms with Crippen LogP contribution in [0.4, 0.5) is 0 Å². The fraction of sp³-hybridized carbons (Fsp3) is 0.632. The molecule has 2 atom stereocenters. The second kappa shape index (κ2) is 8.10. The Hall–Kier alpha value is -1.43. The molecule has 0 aromatic heterocycles. The Morgan fingerprint density at radius 3 is 2.38 bits per heavy atom. The zero-order valence-electron chi connectivity index (χ0n) is 15.3. The summed E-state index contributed by atoms with van der Waals surface area (Å²) in [7, 11) is 0. The van der Waals surface area contributed by atoms with Crippen LogP contribution in [0, 0.1) is 12.3 Å². The van der Waals surface area contributed by atoms with Gasteiger partial charge in [-0.15, -0.1) is 0 Å². The minimum absolute atomic E-state index is 0.0899. The fourth-order valence-electron chi connectivity index (χ4n) is 2.84. The molecule has 5 nitrogen and oxygen atoms in total. The third-order valence-corrected chi connectivity index (χ3v) is 4.63. The molecule has 1 unspecified atom stereocenters. The zero-order chi connectivity index (χ0) is 17.7. The fourth-order valence-corrected chi connectivity index (χ4v) is 2.84. The third-order valence-electron chi connectivity index (χ3n) is 4.63. The molecular formula is C19H31N3O2. The van der Waals surface area contributed by atoms with Gasteiger partial charge in [-0.05, 0) is 17.9 Å². The van der Waals surface area contributed by atoms with Gasteiger partial charge in [0.2, 0.25) is 5.91 Å². The summed E-state index contributed by atoms with van der Waals surface area (Å²) in [6, 6.07) is 8.15. The molecule has 1 aliphatic heterocycles. The lowest BCUT2D eigenvalue weighted by molar-refractivity contribution is -0.124. The number of hydrogen-bond donors (Lipinski definition) is 2. The Labute approximate surface area is 145 Å². The standard InChI is InChI=1S/C19H31N3O2/c1-14-5-7-15(8-6-14)16(22-9-11-24-12-10-22)13-21-18(23)17(20)19(2,3)4/h5-8,16-17H,9-13,20H2,1-4H3,(H,21,23)/t16?,17-/m1/s1. The number of morpholine rings is 1. The van der Waals surface area contributed by atoms with Gasteiger partial charge in [-0.1, -0.05) is 50.6 Å². The van der Waals surface area contributed by atoms with Crippen LogP contribution in [-0.2, 0) is 9.53 Å². The monoisotopic (exact) mass is 333 g/mol. The van der Waals surface area contributed by atoms with E-state index in [2.05, 4.69) is 41.4 Å². The number of hydrogen-bond acceptors (Lipinski definition) is 4. The average molecular weight is 333 g/mol. The molecule has 1 aliphatic rings. The van der Waals surface area contributed by atoms with Crippen molar-refractivity contribution >= 4 is 5.91 Å². The van der Waals surface area contributed by atoms with Crippen molar-refractivity contribution in [1.82, 2.24) is 10.2 Å². The molecule has 1 fully saturated rings. The van der Waals surface area contributed by atoms with Crippen LogP contribution in [0.5, 0.6) is 0 Å². The summed E-state index contributed by atoms with van der Waals surface area (Å²) in [4.78, 5) is 14.8. The number of nitrogens with one attached hydrogen (secondary N) is 1. The molecule has 0 spiro atoms. The van der Waals surface area contributed by atoms with E-state index < -0.39 is 6.04 Å². The van der Waals surface area contributed by atoms with Gasteiger partial charge in [0.1, 0.15) is 0 Å². The Morgan fingerprint density at radius 2 is 1.83 bits per heavy atom. The SMILES string of the molecule is Cc1ccc(C(CNC(=O)[C@@H](N)C(C)(C)C)N2CCOCC2)cc1. The molecule has 1 heterocycles. The summed E-state index contributed by atoms with van der Waals surface area (Å²) in [5.41, 5.74) is 8.27. The number of nitrogens with two attached hydrogens (primary N) is 1. The maximum Gasteiger partial charge on any atom is 0.237 e. The van der Waals surface area contributed by atoms with Crippen molar-refractivity contribution in [1.29, 1.82) is 0 Å². The first-order valence-corrected chi connectivity index (χ1v) is 8.70. The molecule has 1 amide bonds. The Bertz CT molecular complexity index is 531. The van der Waals surface area contributed by atoms with E-state index >= 15 is 0 Å². The van der Waals surface area contributed by atoms with Crippen LogP contribution >= 0.6 is 0 Å². The predicted molar refractivity (Wildman–Crippen MR) is 96.8 cm³/mol. The zero-order valence-corrected chi connectivity index (χ0v) is 15.3. The second-order valence-electron chi connectivity index (χ2n) is 7.66. The van der Waals surface area contributed by atoms with Gasteiger partial charge in [0.15, 0.2) is 0 Å². The number of aryl methyl sites for hydroxylation is 1. The number of amides is 1. The van der Waals surface area contributed by atoms with Gasteiger partial charge in [0.25, 0.3) is 0 Å². The first kappa shape index (κ1) is 18.9. The molecule has 1 saturated heterocycles. The highest BCUT2D eigenvalue weighted by molar-refractivity contribution is 5.82. The number of ether oxygens (including phenoxy) is 1. The van der Waals surface area contributed by atoms with E-state index in [1.807, 2.05) is 20.8 Å². The largest absolute Gasteiger partial charge is 0.379 e. The van der Waals surface area contributed by atoms with Crippen LogP contribution in [0.25, 0.3) is 0 Å². The van der Waals surface area contributed by atoms with Gasteiger partial charge < -0.3 is 15.8 Å². The Kier molecular flexibility index (Phi) is 6.38. The Morgan fingerprint density at radius 1 is 1.25 bits per heavy atom. The second-order valence-corrected chi connectivity index (χ2v) is 7.66. The van der Waals surface area contributed by atoms with Gasteiger partial charge in [-0.25, -0.2) is 0 Å². The molecule has 1 aromatic rings. The highest BCUT2D eigenvalue weighted by atomic mass is 16.5. The van der Waals surface area contributed by atoms with Crippen molar-refractivity contribution in [3.63, 3.8) is 0 Å². The van der Waals surface area contributed by atoms with E-state index in [0.717, 1.165) is 26.3 Å². The maximum atomic E-state index is 12.4. The molecule has 3 N–H and O–H groups in total. The van der Waals surface area contributed by atoms with Crippen LogP contribution < -0.4 is 11.1 Å². The van der Waals surface area contributed by atoms with E-state index in [-0.39, 0.29) is 17.4 Å². The van der Waals surface area contributed by atoms with Gasteiger partial charge in [-0.3, -0.25) is 9.69 Å². The van der Waals surface area contributed by atoms with E-state index in [4.69, 9.17) is 10.5 Å². The highest BCUT2D eigenvalue weighted by Crippen LogP contribution is 2.22. The lowest BCUT2D eigenvalue weighted by atomic mass is 9.87. The molecule has 0 radical (unpaired) electrons. The molecule has 2 rings (SSSR count). The number of rotatable bonds is 5. The summed E-state index contributed by atoms with van der Waals surface area (Å²) in [5, 5.41) is 3.05. The normalized spacial score (nSPS) is 18.9. The first-order valence-electron chi connectivity index (χ1n) is 8.70. The molecule has 0 saturated carbocycles. The van der Waals surface area contributed by atoms with E-state index in [0.29, 0.717) is 6.54 Å². The molecule has 24 heavy (non-hydrogen) atoms. The van der Waals surface area contributed by atoms with Crippen LogP contribution in [0.3, 0.4) is 0 Å². The van der Waals surface area contributed by atoms with Crippen LogP contribution in [-0.4, -0.2) is 49.7 Å². The topological polar surface area (TPSA) is 67.6 Å². The molecule has 134 valence electrons. The lowest BCUT2D eigenvalue weighted by Crippen LogP contribution is -2.51. The van der Waals surface area contributed by atoms with E-state index in [1.165, 1.54) is 11.1 Å². The van der Waals surface area contributed by atoms with Crippen LogP contribution in [0.1, 0.15) is 37.9 Å².